The van der Waals surface area contributed by atoms with Crippen LogP contribution in [0, 0.1) is 17.1 Å². The number of Topliss-reactive ketones (excluding diaryl/α,β-unsaturated/α-hetero) is 1. The average molecular weight is 396 g/mol. The number of rotatable bonds is 4. The molecule has 146 valence electrons. The number of nitriles is 1. The molecule has 0 saturated heterocycles. The Labute approximate surface area is 173 Å². The summed E-state index contributed by atoms with van der Waals surface area (Å²) >= 11 is 0. The number of hydrogen-bond acceptors (Lipinski definition) is 4. The summed E-state index contributed by atoms with van der Waals surface area (Å²) in [7, 11) is 0. The molecule has 0 radical (unpaired) electrons. The van der Waals surface area contributed by atoms with Gasteiger partial charge in [-0.2, -0.15) is 5.26 Å². The lowest BCUT2D eigenvalue weighted by Gasteiger charge is -2.29. The molecule has 1 heterocycles. The van der Waals surface area contributed by atoms with Crippen molar-refractivity contribution in [1.29, 1.82) is 5.26 Å². The summed E-state index contributed by atoms with van der Waals surface area (Å²) < 4.78 is 20.6. The van der Waals surface area contributed by atoms with E-state index in [1.807, 2.05) is 12.1 Å². The summed E-state index contributed by atoms with van der Waals surface area (Å²) in [4.78, 5) is 13.6. The topological polar surface area (TPSA) is 76.1 Å². The van der Waals surface area contributed by atoms with Gasteiger partial charge in [0.2, 0.25) is 5.88 Å². The van der Waals surface area contributed by atoms with Crippen LogP contribution >= 0.6 is 0 Å². The molecule has 0 aromatic heterocycles. The zero-order valence-corrected chi connectivity index (χ0v) is 15.9. The maximum Gasteiger partial charge on any atom is 0.205 e. The Bertz CT molecular complexity index is 1210. The average Bonchev–Trinajstić information content (AvgIpc) is 2.79. The molecule has 1 aliphatic heterocycles. The van der Waals surface area contributed by atoms with Gasteiger partial charge in [0.25, 0.3) is 0 Å². The number of allylic oxidation sites excluding steroid dienone is 2. The molecule has 4 rings (SSSR count). The van der Waals surface area contributed by atoms with Gasteiger partial charge in [0.15, 0.2) is 5.78 Å². The van der Waals surface area contributed by atoms with Crippen LogP contribution in [0.3, 0.4) is 0 Å². The summed E-state index contributed by atoms with van der Waals surface area (Å²) in [6, 6.07) is 25.7. The number of halogens is 1. The van der Waals surface area contributed by atoms with Gasteiger partial charge in [0.1, 0.15) is 23.2 Å². The van der Waals surface area contributed by atoms with E-state index in [1.54, 1.807) is 72.8 Å². The molecule has 1 atom stereocenters. The minimum absolute atomic E-state index is 0.000868. The zero-order valence-electron chi connectivity index (χ0n) is 15.9. The van der Waals surface area contributed by atoms with E-state index in [0.29, 0.717) is 11.1 Å². The maximum absolute atomic E-state index is 14.8. The summed E-state index contributed by atoms with van der Waals surface area (Å²) in [5.74, 6) is -1.81. The van der Waals surface area contributed by atoms with Crippen LogP contribution in [-0.2, 0) is 4.74 Å². The highest BCUT2D eigenvalue weighted by molar-refractivity contribution is 6.14. The molecular formula is C25H17FN2O2. The number of carbonyl (C=O) groups is 1. The van der Waals surface area contributed by atoms with E-state index < -0.39 is 11.7 Å². The normalized spacial score (nSPS) is 16.1. The highest BCUT2D eigenvalue weighted by Crippen LogP contribution is 2.44. The molecule has 0 amide bonds. The van der Waals surface area contributed by atoms with Crippen LogP contribution in [0.2, 0.25) is 0 Å². The first-order valence-corrected chi connectivity index (χ1v) is 9.33. The number of ether oxygens (including phenoxy) is 1. The Hall–Kier alpha value is -4.17. The smallest absolute Gasteiger partial charge is 0.205 e. The van der Waals surface area contributed by atoms with Crippen molar-refractivity contribution in [2.75, 3.05) is 0 Å². The molecule has 0 fully saturated rings. The van der Waals surface area contributed by atoms with Gasteiger partial charge in [-0.15, -0.1) is 0 Å². The van der Waals surface area contributed by atoms with E-state index in [1.165, 1.54) is 6.07 Å². The van der Waals surface area contributed by atoms with Crippen LogP contribution in [0.25, 0.3) is 5.76 Å². The van der Waals surface area contributed by atoms with E-state index in [4.69, 9.17) is 10.5 Å². The van der Waals surface area contributed by atoms with Crippen LogP contribution in [0.4, 0.5) is 4.39 Å². The molecule has 4 nitrogen and oxygen atoms in total. The van der Waals surface area contributed by atoms with E-state index in [2.05, 4.69) is 0 Å². The van der Waals surface area contributed by atoms with Crippen molar-refractivity contribution in [2.24, 2.45) is 5.73 Å². The quantitative estimate of drug-likeness (QED) is 0.635. The van der Waals surface area contributed by atoms with Crippen molar-refractivity contribution in [2.45, 2.75) is 5.92 Å². The van der Waals surface area contributed by atoms with Crippen molar-refractivity contribution in [3.8, 4) is 6.07 Å². The number of benzene rings is 3. The fraction of sp³-hybridized carbons (Fsp3) is 0.0400. The monoisotopic (exact) mass is 396 g/mol. The number of nitrogens with zero attached hydrogens (tertiary/aromatic N) is 1. The molecular weight excluding hydrogens is 379 g/mol. The molecule has 3 aromatic rings. The lowest BCUT2D eigenvalue weighted by Crippen LogP contribution is -2.25. The Balaban J connectivity index is 2.03. The van der Waals surface area contributed by atoms with Gasteiger partial charge < -0.3 is 10.5 Å². The second-order valence-electron chi connectivity index (χ2n) is 6.75. The molecule has 1 unspecified atom stereocenters. The lowest BCUT2D eigenvalue weighted by atomic mass is 9.78. The number of ketones is 1. The number of nitrogens with two attached hydrogens (primary N) is 1. The summed E-state index contributed by atoms with van der Waals surface area (Å²) in [6.45, 7) is 0. The summed E-state index contributed by atoms with van der Waals surface area (Å²) in [5, 5.41) is 9.79. The molecule has 2 N–H and O–H groups in total. The first-order chi connectivity index (χ1) is 14.6. The van der Waals surface area contributed by atoms with Crippen LogP contribution in [0.5, 0.6) is 0 Å². The van der Waals surface area contributed by atoms with Crippen molar-refractivity contribution in [1.82, 2.24) is 0 Å². The molecule has 1 aliphatic rings. The fourth-order valence-corrected chi connectivity index (χ4v) is 3.56. The predicted molar refractivity (Wildman–Crippen MR) is 111 cm³/mol. The van der Waals surface area contributed by atoms with Gasteiger partial charge in [-0.25, -0.2) is 4.39 Å². The van der Waals surface area contributed by atoms with E-state index >= 15 is 0 Å². The molecule has 3 aromatic carbocycles. The second kappa shape index (κ2) is 8.06. The third-order valence-corrected chi connectivity index (χ3v) is 4.95. The largest absolute Gasteiger partial charge is 0.439 e. The third-order valence-electron chi connectivity index (χ3n) is 4.95. The molecule has 5 heteroatoms. The first-order valence-electron chi connectivity index (χ1n) is 9.33. The number of carbonyl (C=O) groups excluding carboxylic acids is 1. The molecule has 0 aliphatic carbocycles. The molecule has 0 spiro atoms. The van der Waals surface area contributed by atoms with Crippen LogP contribution in [0.1, 0.15) is 27.4 Å². The molecule has 0 saturated carbocycles. The lowest BCUT2D eigenvalue weighted by molar-refractivity contribution is 0.102. The van der Waals surface area contributed by atoms with Gasteiger partial charge in [-0.05, 0) is 6.07 Å². The minimum Gasteiger partial charge on any atom is -0.439 e. The van der Waals surface area contributed by atoms with Gasteiger partial charge in [-0.3, -0.25) is 4.79 Å². The van der Waals surface area contributed by atoms with E-state index in [0.717, 1.165) is 0 Å². The second-order valence-corrected chi connectivity index (χ2v) is 6.75. The number of hydrogen-bond donors (Lipinski definition) is 1. The SMILES string of the molecule is N#CC1=C(N)OC(c2ccccc2)=C(C(=O)c2ccccc2)C1c1ccccc1F. The predicted octanol–water partition coefficient (Wildman–Crippen LogP) is 4.93. The van der Waals surface area contributed by atoms with Gasteiger partial charge >= 0.3 is 0 Å². The third kappa shape index (κ3) is 3.36. The summed E-state index contributed by atoms with van der Waals surface area (Å²) in [5.41, 5.74) is 7.44. The van der Waals surface area contributed by atoms with Crippen molar-refractivity contribution in [3.05, 3.63) is 124 Å². The van der Waals surface area contributed by atoms with Gasteiger partial charge in [-0.1, -0.05) is 78.9 Å². The van der Waals surface area contributed by atoms with Crippen molar-refractivity contribution in [3.63, 3.8) is 0 Å². The van der Waals surface area contributed by atoms with Gasteiger partial charge in [0, 0.05) is 16.7 Å². The van der Waals surface area contributed by atoms with Crippen LogP contribution in [0.15, 0.2) is 102 Å². The fourth-order valence-electron chi connectivity index (χ4n) is 3.56. The first kappa shape index (κ1) is 19.2. The maximum atomic E-state index is 14.8. The standard InChI is InChI=1S/C25H17FN2O2/c26-20-14-8-7-13-18(20)21-19(15-27)25(28)30-24(17-11-5-2-6-12-17)22(21)23(29)16-9-3-1-4-10-16/h1-14,21H,28H2. The van der Waals surface area contributed by atoms with E-state index in [9.17, 15) is 14.4 Å². The van der Waals surface area contributed by atoms with Crippen LogP contribution < -0.4 is 5.73 Å². The van der Waals surface area contributed by atoms with Crippen molar-refractivity contribution < 1.29 is 13.9 Å². The van der Waals surface area contributed by atoms with E-state index in [-0.39, 0.29) is 34.1 Å². The molecule has 0 bridgehead atoms. The van der Waals surface area contributed by atoms with Crippen molar-refractivity contribution >= 4 is 11.5 Å². The van der Waals surface area contributed by atoms with Crippen LogP contribution in [-0.4, -0.2) is 5.78 Å². The Morgan fingerprint density at radius 1 is 0.933 bits per heavy atom. The Morgan fingerprint density at radius 2 is 1.53 bits per heavy atom. The zero-order chi connectivity index (χ0) is 21.1. The van der Waals surface area contributed by atoms with Gasteiger partial charge in [0.05, 0.1) is 11.5 Å². The summed E-state index contributed by atoms with van der Waals surface area (Å²) in [6.07, 6.45) is 0. The Kier molecular flexibility index (Phi) is 5.15. The highest BCUT2D eigenvalue weighted by Gasteiger charge is 2.38. The molecule has 30 heavy (non-hydrogen) atoms. The highest BCUT2D eigenvalue weighted by atomic mass is 19.1. The Morgan fingerprint density at radius 3 is 2.17 bits per heavy atom. The minimum atomic E-state index is -0.993.